The summed E-state index contributed by atoms with van der Waals surface area (Å²) in [5.41, 5.74) is 1.17. The third-order valence-corrected chi connectivity index (χ3v) is 11.0. The molecule has 1 heterocycles. The van der Waals surface area contributed by atoms with Gasteiger partial charge < -0.3 is 0 Å². The normalized spacial score (nSPS) is 22.8. The van der Waals surface area contributed by atoms with Crippen LogP contribution >= 0.6 is 0 Å². The van der Waals surface area contributed by atoms with E-state index in [4.69, 9.17) is 6.42 Å². The number of rotatable bonds is 3. The van der Waals surface area contributed by atoms with Gasteiger partial charge in [0.1, 0.15) is 0 Å². The highest BCUT2D eigenvalue weighted by Gasteiger charge is 2.38. The van der Waals surface area contributed by atoms with E-state index in [-0.39, 0.29) is 0 Å². The summed E-state index contributed by atoms with van der Waals surface area (Å²) in [7, 11) is -0.760. The number of hydrogen-bond donors (Lipinski definition) is 0. The summed E-state index contributed by atoms with van der Waals surface area (Å²) in [6, 6.07) is 4.72. The molecule has 0 bridgehead atoms. The van der Waals surface area contributed by atoms with Crippen LogP contribution in [0, 0.1) is 12.3 Å². The molecule has 16 heavy (non-hydrogen) atoms. The van der Waals surface area contributed by atoms with Gasteiger partial charge in [-0.3, -0.25) is 0 Å². The second-order valence-electron chi connectivity index (χ2n) is 4.98. The zero-order chi connectivity index (χ0) is 12.4. The molecular formula is C15H30Si. The monoisotopic (exact) mass is 238 g/mol. The van der Waals surface area contributed by atoms with Crippen LogP contribution in [0.15, 0.2) is 0 Å². The van der Waals surface area contributed by atoms with Crippen molar-refractivity contribution >= 4 is 8.07 Å². The van der Waals surface area contributed by atoms with Crippen LogP contribution in [0.3, 0.4) is 0 Å². The van der Waals surface area contributed by atoms with Crippen LogP contribution < -0.4 is 0 Å². The smallest absolute Gasteiger partial charge is 0.0561 e. The Kier molecular flexibility index (Phi) is 8.75. The molecule has 0 radical (unpaired) electrons. The van der Waals surface area contributed by atoms with Crippen LogP contribution in [0.25, 0.3) is 0 Å². The maximum atomic E-state index is 4.78. The molecule has 0 aromatic carbocycles. The molecule has 0 N–H and O–H groups in total. The highest BCUT2D eigenvalue weighted by atomic mass is 28.3. The minimum absolute atomic E-state index is 0.760. The van der Waals surface area contributed by atoms with Crippen LogP contribution in [0.4, 0.5) is 0 Å². The van der Waals surface area contributed by atoms with Gasteiger partial charge in [0.15, 0.2) is 0 Å². The van der Waals surface area contributed by atoms with Crippen molar-refractivity contribution in [3.8, 4) is 12.3 Å². The molecule has 1 saturated heterocycles. The molecule has 94 valence electrons. The quantitative estimate of drug-likeness (QED) is 0.452. The van der Waals surface area contributed by atoms with E-state index >= 15 is 0 Å². The predicted octanol–water partition coefficient (Wildman–Crippen LogP) is 5.47. The van der Waals surface area contributed by atoms with Gasteiger partial charge in [0.05, 0.1) is 8.07 Å². The van der Waals surface area contributed by atoms with E-state index in [9.17, 15) is 0 Å². The van der Waals surface area contributed by atoms with Crippen molar-refractivity contribution in [1.82, 2.24) is 0 Å². The minimum atomic E-state index is -0.760. The fourth-order valence-corrected chi connectivity index (χ4v) is 8.60. The highest BCUT2D eigenvalue weighted by Crippen LogP contribution is 2.44. The van der Waals surface area contributed by atoms with E-state index in [0.717, 1.165) is 6.42 Å². The second kappa shape index (κ2) is 8.88. The first-order chi connectivity index (χ1) is 7.70. The van der Waals surface area contributed by atoms with Gasteiger partial charge in [0, 0.05) is 6.42 Å². The van der Waals surface area contributed by atoms with Gasteiger partial charge in [-0.1, -0.05) is 71.5 Å². The molecular weight excluding hydrogens is 208 g/mol. The lowest BCUT2D eigenvalue weighted by molar-refractivity contribution is 0.584. The van der Waals surface area contributed by atoms with Crippen molar-refractivity contribution in [2.24, 2.45) is 0 Å². The Hall–Kier alpha value is -0.223. The van der Waals surface area contributed by atoms with Gasteiger partial charge in [-0.2, -0.15) is 0 Å². The van der Waals surface area contributed by atoms with Crippen molar-refractivity contribution < 1.29 is 0 Å². The van der Waals surface area contributed by atoms with Crippen LogP contribution in [-0.4, -0.2) is 8.07 Å². The van der Waals surface area contributed by atoms with E-state index in [2.05, 4.69) is 26.7 Å². The third kappa shape index (κ3) is 4.34. The highest BCUT2D eigenvalue weighted by molar-refractivity contribution is 6.81. The van der Waals surface area contributed by atoms with Gasteiger partial charge in [-0.05, 0) is 5.54 Å². The molecule has 1 fully saturated rings. The van der Waals surface area contributed by atoms with Gasteiger partial charge >= 0.3 is 0 Å². The van der Waals surface area contributed by atoms with E-state index in [0.29, 0.717) is 0 Å². The lowest BCUT2D eigenvalue weighted by Crippen LogP contribution is -2.40. The lowest BCUT2D eigenvalue weighted by Gasteiger charge is -2.41. The Bertz CT molecular complexity index is 198. The van der Waals surface area contributed by atoms with Gasteiger partial charge in [0.25, 0.3) is 0 Å². The van der Waals surface area contributed by atoms with Crippen molar-refractivity contribution in [3.63, 3.8) is 0 Å². The molecule has 0 nitrogen and oxygen atoms in total. The molecule has 0 aliphatic carbocycles. The Labute approximate surface area is 104 Å². The lowest BCUT2D eigenvalue weighted by atomic mass is 10.1. The molecule has 0 saturated carbocycles. The fourth-order valence-electron chi connectivity index (χ4n) is 3.20. The summed E-state index contributed by atoms with van der Waals surface area (Å²) in [5.74, 6) is 2.43. The maximum absolute atomic E-state index is 4.78. The Morgan fingerprint density at radius 2 is 1.69 bits per heavy atom. The summed E-state index contributed by atoms with van der Waals surface area (Å²) in [6.45, 7) is 9.25. The molecule has 0 amide bonds. The largest absolute Gasteiger partial charge is 0.120 e. The zero-order valence-electron chi connectivity index (χ0n) is 11.8. The van der Waals surface area contributed by atoms with Crippen molar-refractivity contribution in [3.05, 3.63) is 0 Å². The average molecular weight is 238 g/mol. The van der Waals surface area contributed by atoms with Gasteiger partial charge in [-0.25, -0.2) is 0 Å². The van der Waals surface area contributed by atoms with E-state index in [1.54, 1.807) is 31.0 Å². The van der Waals surface area contributed by atoms with Crippen molar-refractivity contribution in [2.75, 3.05) is 0 Å². The van der Waals surface area contributed by atoms with E-state index in [1.165, 1.54) is 18.4 Å². The fraction of sp³-hybridized carbons (Fsp3) is 0.867. The van der Waals surface area contributed by atoms with Gasteiger partial charge in [-0.15, -0.1) is 12.3 Å². The molecule has 0 aromatic heterocycles. The zero-order valence-corrected chi connectivity index (χ0v) is 12.8. The summed E-state index contributed by atoms with van der Waals surface area (Å²) < 4.78 is 0. The van der Waals surface area contributed by atoms with Crippen molar-refractivity contribution in [2.45, 2.75) is 83.5 Å². The predicted molar refractivity (Wildman–Crippen MR) is 78.5 cm³/mol. The first-order valence-electron chi connectivity index (χ1n) is 7.14. The molecule has 1 aliphatic rings. The summed E-state index contributed by atoms with van der Waals surface area (Å²) >= 11 is 0. The maximum Gasteiger partial charge on any atom is 0.0561 e. The topological polar surface area (TPSA) is 0 Å². The second-order valence-corrected chi connectivity index (χ2v) is 10.4. The third-order valence-electron chi connectivity index (χ3n) is 4.45. The number of hydrogen-bond acceptors (Lipinski definition) is 0. The van der Waals surface area contributed by atoms with Crippen LogP contribution in [0.1, 0.15) is 59.8 Å². The molecule has 0 spiro atoms. The van der Waals surface area contributed by atoms with Crippen LogP contribution in [-0.2, 0) is 0 Å². The summed E-state index contributed by atoms with van der Waals surface area (Å²) in [5, 5.41) is 0. The summed E-state index contributed by atoms with van der Waals surface area (Å²) in [4.78, 5) is 0. The Balaban J connectivity index is 0.000000487. The Morgan fingerprint density at radius 3 is 2.00 bits per heavy atom. The molecule has 1 unspecified atom stereocenters. The van der Waals surface area contributed by atoms with Gasteiger partial charge in [0.2, 0.25) is 0 Å². The van der Waals surface area contributed by atoms with Crippen molar-refractivity contribution in [1.29, 1.82) is 0 Å². The van der Waals surface area contributed by atoms with Crippen LogP contribution in [0.5, 0.6) is 0 Å². The molecule has 1 heteroatoms. The molecule has 0 aromatic rings. The minimum Gasteiger partial charge on any atom is -0.120 e. The average Bonchev–Trinajstić information content (AvgIpc) is 2.38. The number of terminal acetylenes is 1. The van der Waals surface area contributed by atoms with Crippen LogP contribution in [0.2, 0.25) is 23.7 Å². The molecule has 1 rings (SSSR count). The van der Waals surface area contributed by atoms with E-state index in [1.807, 2.05) is 6.92 Å². The summed E-state index contributed by atoms with van der Waals surface area (Å²) in [6.07, 6.45) is 11.7. The SMILES string of the molecule is C#CCC.CCC1CCCC[Si]1(CC)CC. The molecule has 1 aliphatic heterocycles. The molecule has 1 atom stereocenters. The van der Waals surface area contributed by atoms with E-state index < -0.39 is 8.07 Å². The Morgan fingerprint density at radius 1 is 1.12 bits per heavy atom. The first kappa shape index (κ1) is 15.8. The standard InChI is InChI=1S/C11H24Si.C4H6/c1-4-11-9-7-8-10-12(11,5-2)6-3;1-3-4-2/h11H,4-10H2,1-3H3;1H,4H2,2H3. The first-order valence-corrected chi connectivity index (χ1v) is 9.84.